The van der Waals surface area contributed by atoms with Gasteiger partial charge >= 0.3 is 0 Å². The molecule has 0 radical (unpaired) electrons. The van der Waals surface area contributed by atoms with Gasteiger partial charge in [-0.1, -0.05) is 38.1 Å². The highest BCUT2D eigenvalue weighted by Gasteiger charge is 2.39. The second-order valence-corrected chi connectivity index (χ2v) is 6.51. The van der Waals surface area contributed by atoms with Crippen molar-refractivity contribution in [2.24, 2.45) is 11.8 Å². The molecule has 1 saturated carbocycles. The average molecular weight is 276 g/mol. The minimum Gasteiger partial charge on any atom is -0.378 e. The molecule has 0 aliphatic heterocycles. The van der Waals surface area contributed by atoms with Crippen molar-refractivity contribution in [2.75, 3.05) is 7.11 Å². The molecule has 0 heterocycles. The van der Waals surface area contributed by atoms with Crippen LogP contribution < -0.4 is 11.3 Å². The van der Waals surface area contributed by atoms with E-state index in [0.29, 0.717) is 5.92 Å². The van der Waals surface area contributed by atoms with E-state index >= 15 is 0 Å². The lowest BCUT2D eigenvalue weighted by molar-refractivity contribution is -0.0838. The first-order valence-corrected chi connectivity index (χ1v) is 7.69. The van der Waals surface area contributed by atoms with Gasteiger partial charge in [0.2, 0.25) is 0 Å². The summed E-state index contributed by atoms with van der Waals surface area (Å²) in [5.74, 6) is 6.46. The summed E-state index contributed by atoms with van der Waals surface area (Å²) in [6.45, 7) is 4.50. The Hall–Kier alpha value is -0.900. The number of methoxy groups -OCH3 is 1. The maximum atomic E-state index is 5.79. The zero-order valence-corrected chi connectivity index (χ0v) is 13.0. The predicted molar refractivity (Wildman–Crippen MR) is 83.3 cm³/mol. The lowest BCUT2D eigenvalue weighted by atomic mass is 9.74. The first kappa shape index (κ1) is 15.5. The van der Waals surface area contributed by atoms with Crippen LogP contribution in [0, 0.1) is 5.92 Å². The molecule has 0 amide bonds. The highest BCUT2D eigenvalue weighted by atomic mass is 16.5. The van der Waals surface area contributed by atoms with Crippen molar-refractivity contribution in [3.63, 3.8) is 0 Å². The molecule has 1 aliphatic carbocycles. The zero-order valence-electron chi connectivity index (χ0n) is 13.0. The lowest BCUT2D eigenvalue weighted by Gasteiger charge is -2.42. The Morgan fingerprint density at radius 1 is 1.35 bits per heavy atom. The van der Waals surface area contributed by atoms with Crippen LogP contribution in [0.2, 0.25) is 0 Å². The molecule has 3 nitrogen and oxygen atoms in total. The van der Waals surface area contributed by atoms with Gasteiger partial charge in [-0.2, -0.15) is 0 Å². The Labute approximate surface area is 122 Å². The van der Waals surface area contributed by atoms with Gasteiger partial charge < -0.3 is 4.74 Å². The van der Waals surface area contributed by atoms with E-state index in [4.69, 9.17) is 10.6 Å². The summed E-state index contributed by atoms with van der Waals surface area (Å²) in [6.07, 6.45) is 5.62. The number of hydrogen-bond acceptors (Lipinski definition) is 3. The summed E-state index contributed by atoms with van der Waals surface area (Å²) in [6, 6.07) is 8.95. The third-order valence-corrected chi connectivity index (χ3v) is 4.47. The molecule has 2 rings (SSSR count). The minimum atomic E-state index is 0.0328. The van der Waals surface area contributed by atoms with Gasteiger partial charge in [0.1, 0.15) is 0 Å². The molecule has 1 aromatic rings. The van der Waals surface area contributed by atoms with Crippen molar-refractivity contribution in [2.45, 2.75) is 57.6 Å². The number of ether oxygens (including phenoxy) is 1. The molecule has 20 heavy (non-hydrogen) atoms. The summed E-state index contributed by atoms with van der Waals surface area (Å²) < 4.78 is 5.73. The van der Waals surface area contributed by atoms with Crippen LogP contribution in [0.5, 0.6) is 0 Å². The van der Waals surface area contributed by atoms with Crippen LogP contribution >= 0.6 is 0 Å². The fourth-order valence-corrected chi connectivity index (χ4v) is 3.12. The van der Waals surface area contributed by atoms with Crippen LogP contribution in [0.15, 0.2) is 24.3 Å². The third-order valence-electron chi connectivity index (χ3n) is 4.47. The van der Waals surface area contributed by atoms with Crippen molar-refractivity contribution in [1.29, 1.82) is 0 Å². The fraction of sp³-hybridized carbons (Fsp3) is 0.647. The summed E-state index contributed by atoms with van der Waals surface area (Å²) in [5.41, 5.74) is 5.67. The number of rotatable bonds is 7. The predicted octanol–water partition coefficient (Wildman–Crippen LogP) is 3.35. The Morgan fingerprint density at radius 3 is 2.60 bits per heavy atom. The molecule has 1 atom stereocenters. The van der Waals surface area contributed by atoms with Crippen LogP contribution in [-0.2, 0) is 11.2 Å². The summed E-state index contributed by atoms with van der Waals surface area (Å²) in [5, 5.41) is 0. The Kier molecular flexibility index (Phi) is 5.19. The molecule has 0 aromatic heterocycles. The van der Waals surface area contributed by atoms with E-state index in [2.05, 4.69) is 43.5 Å². The second kappa shape index (κ2) is 6.70. The number of benzene rings is 1. The zero-order chi connectivity index (χ0) is 14.6. The average Bonchev–Trinajstić information content (AvgIpc) is 2.38. The van der Waals surface area contributed by atoms with Crippen molar-refractivity contribution in [3.8, 4) is 0 Å². The smallest absolute Gasteiger partial charge is 0.0697 e. The quantitative estimate of drug-likeness (QED) is 0.593. The highest BCUT2D eigenvalue weighted by molar-refractivity contribution is 5.27. The van der Waals surface area contributed by atoms with E-state index in [9.17, 15) is 0 Å². The van der Waals surface area contributed by atoms with Gasteiger partial charge in [-0.3, -0.25) is 11.3 Å². The molecule has 3 heteroatoms. The number of nitrogens with two attached hydrogens (primary N) is 1. The number of hydrogen-bond donors (Lipinski definition) is 2. The van der Waals surface area contributed by atoms with Gasteiger partial charge in [0.25, 0.3) is 0 Å². The van der Waals surface area contributed by atoms with E-state index in [-0.39, 0.29) is 11.6 Å². The molecule has 3 N–H and O–H groups in total. The van der Waals surface area contributed by atoms with E-state index in [1.807, 2.05) is 7.11 Å². The van der Waals surface area contributed by atoms with Gasteiger partial charge in [0, 0.05) is 13.2 Å². The first-order valence-electron chi connectivity index (χ1n) is 7.69. The minimum absolute atomic E-state index is 0.0328. The Balaban J connectivity index is 2.10. The SMILES string of the molecule is COC1(CC(NN)c2cccc(CC(C)C)c2)CCC1. The molecule has 0 bridgehead atoms. The molecule has 0 saturated heterocycles. The van der Waals surface area contributed by atoms with Crippen LogP contribution in [0.4, 0.5) is 0 Å². The van der Waals surface area contributed by atoms with Gasteiger partial charge in [0.15, 0.2) is 0 Å². The van der Waals surface area contributed by atoms with Crippen molar-refractivity contribution in [3.05, 3.63) is 35.4 Å². The number of hydrazine groups is 1. The van der Waals surface area contributed by atoms with Crippen molar-refractivity contribution >= 4 is 0 Å². The van der Waals surface area contributed by atoms with Gasteiger partial charge in [-0.15, -0.1) is 0 Å². The first-order chi connectivity index (χ1) is 9.58. The summed E-state index contributed by atoms with van der Waals surface area (Å²) in [7, 11) is 1.82. The monoisotopic (exact) mass is 276 g/mol. The van der Waals surface area contributed by atoms with Gasteiger partial charge in [-0.25, -0.2) is 0 Å². The fourth-order valence-electron chi connectivity index (χ4n) is 3.12. The lowest BCUT2D eigenvalue weighted by Crippen LogP contribution is -2.44. The molecule has 1 aromatic carbocycles. The third kappa shape index (κ3) is 3.60. The summed E-state index contributed by atoms with van der Waals surface area (Å²) in [4.78, 5) is 0. The normalized spacial score (nSPS) is 18.9. The maximum Gasteiger partial charge on any atom is 0.0697 e. The van der Waals surface area contributed by atoms with E-state index < -0.39 is 0 Å². The van der Waals surface area contributed by atoms with Crippen molar-refractivity contribution in [1.82, 2.24) is 5.43 Å². The van der Waals surface area contributed by atoms with Crippen LogP contribution in [0.1, 0.15) is 56.7 Å². The summed E-state index contributed by atoms with van der Waals surface area (Å²) >= 11 is 0. The second-order valence-electron chi connectivity index (χ2n) is 6.51. The van der Waals surface area contributed by atoms with Crippen molar-refractivity contribution < 1.29 is 4.74 Å². The van der Waals surface area contributed by atoms with Crippen LogP contribution in [0.3, 0.4) is 0 Å². The van der Waals surface area contributed by atoms with E-state index in [0.717, 1.165) is 25.7 Å². The molecule has 112 valence electrons. The molecular weight excluding hydrogens is 248 g/mol. The molecule has 1 aliphatic rings. The Morgan fingerprint density at radius 2 is 2.10 bits per heavy atom. The molecule has 1 unspecified atom stereocenters. The Bertz CT molecular complexity index is 421. The molecule has 0 spiro atoms. The molecule has 1 fully saturated rings. The largest absolute Gasteiger partial charge is 0.378 e. The highest BCUT2D eigenvalue weighted by Crippen LogP contribution is 2.41. The van der Waals surface area contributed by atoms with Gasteiger partial charge in [-0.05, 0) is 49.1 Å². The maximum absolute atomic E-state index is 5.79. The van der Waals surface area contributed by atoms with E-state index in [1.54, 1.807) is 0 Å². The molecular formula is C17H28N2O. The topological polar surface area (TPSA) is 47.3 Å². The van der Waals surface area contributed by atoms with Crippen LogP contribution in [0.25, 0.3) is 0 Å². The van der Waals surface area contributed by atoms with Crippen LogP contribution in [-0.4, -0.2) is 12.7 Å². The standard InChI is InChI=1S/C17H28N2O/c1-13(2)10-14-6-4-7-15(11-14)16(19-18)12-17(20-3)8-5-9-17/h4,6-7,11,13,16,19H,5,8-10,12,18H2,1-3H3. The van der Waals surface area contributed by atoms with E-state index in [1.165, 1.54) is 17.5 Å². The number of nitrogens with one attached hydrogen (secondary N) is 1. The van der Waals surface area contributed by atoms with Gasteiger partial charge in [0.05, 0.1) is 5.60 Å².